The SMILES string of the molecule is C/C=C/CCNc1ccc2n[nH]c(=O)n2n1. The normalized spacial score (nSPS) is 11.3. The van der Waals surface area contributed by atoms with Crippen LogP contribution in [0.4, 0.5) is 5.82 Å². The Balaban J connectivity index is 2.13. The summed E-state index contributed by atoms with van der Waals surface area (Å²) in [6.45, 7) is 2.77. The predicted molar refractivity (Wildman–Crippen MR) is 61.5 cm³/mol. The first-order chi connectivity index (χ1) is 7.81. The van der Waals surface area contributed by atoms with Gasteiger partial charge in [-0.25, -0.2) is 9.89 Å². The molecule has 0 aliphatic carbocycles. The average Bonchev–Trinajstić information content (AvgIpc) is 2.67. The molecule has 0 unspecified atom stereocenters. The van der Waals surface area contributed by atoms with E-state index in [1.807, 2.05) is 13.0 Å². The number of anilines is 1. The van der Waals surface area contributed by atoms with Gasteiger partial charge >= 0.3 is 5.69 Å². The second-order valence-corrected chi connectivity index (χ2v) is 3.30. The molecule has 2 aromatic rings. The molecule has 6 heteroatoms. The van der Waals surface area contributed by atoms with Crippen LogP contribution in [0.1, 0.15) is 13.3 Å². The van der Waals surface area contributed by atoms with Gasteiger partial charge in [0.15, 0.2) is 5.65 Å². The quantitative estimate of drug-likeness (QED) is 0.589. The van der Waals surface area contributed by atoms with Crippen molar-refractivity contribution in [2.24, 2.45) is 0 Å². The summed E-state index contributed by atoms with van der Waals surface area (Å²) in [7, 11) is 0. The third kappa shape index (κ3) is 2.10. The minimum atomic E-state index is -0.327. The fraction of sp³-hybridized carbons (Fsp3) is 0.300. The van der Waals surface area contributed by atoms with Crippen LogP contribution in [0.5, 0.6) is 0 Å². The standard InChI is InChI=1S/C10H13N5O/c1-2-3-4-7-11-8-5-6-9-12-13-10(16)15(9)14-8/h2-3,5-6H,4,7H2,1H3,(H,11,14)(H,13,16)/b3-2+. The molecule has 0 amide bonds. The smallest absolute Gasteiger partial charge is 0.364 e. The Morgan fingerprint density at radius 3 is 3.25 bits per heavy atom. The summed E-state index contributed by atoms with van der Waals surface area (Å²) in [6, 6.07) is 3.54. The van der Waals surface area contributed by atoms with Gasteiger partial charge in [-0.3, -0.25) is 0 Å². The van der Waals surface area contributed by atoms with Gasteiger partial charge in [0.2, 0.25) is 0 Å². The van der Waals surface area contributed by atoms with E-state index >= 15 is 0 Å². The minimum absolute atomic E-state index is 0.327. The molecule has 0 radical (unpaired) electrons. The van der Waals surface area contributed by atoms with Crippen LogP contribution in [-0.4, -0.2) is 26.4 Å². The maximum absolute atomic E-state index is 11.3. The van der Waals surface area contributed by atoms with Crippen molar-refractivity contribution in [2.45, 2.75) is 13.3 Å². The highest BCUT2D eigenvalue weighted by molar-refractivity contribution is 5.42. The van der Waals surface area contributed by atoms with E-state index in [9.17, 15) is 4.79 Å². The zero-order valence-electron chi connectivity index (χ0n) is 8.97. The van der Waals surface area contributed by atoms with Crippen molar-refractivity contribution in [1.29, 1.82) is 0 Å². The van der Waals surface area contributed by atoms with Crippen molar-refractivity contribution in [2.75, 3.05) is 11.9 Å². The third-order valence-corrected chi connectivity index (χ3v) is 2.13. The second-order valence-electron chi connectivity index (χ2n) is 3.30. The Morgan fingerprint density at radius 1 is 1.56 bits per heavy atom. The van der Waals surface area contributed by atoms with Crippen LogP contribution in [0, 0.1) is 0 Å². The second kappa shape index (κ2) is 4.61. The molecule has 2 N–H and O–H groups in total. The number of H-pyrrole nitrogens is 1. The van der Waals surface area contributed by atoms with Crippen molar-refractivity contribution in [1.82, 2.24) is 19.8 Å². The molecule has 2 heterocycles. The number of aromatic nitrogens is 4. The van der Waals surface area contributed by atoms with Crippen LogP contribution < -0.4 is 11.0 Å². The van der Waals surface area contributed by atoms with Crippen LogP contribution in [0.15, 0.2) is 29.1 Å². The molecule has 6 nitrogen and oxygen atoms in total. The number of aromatic amines is 1. The van der Waals surface area contributed by atoms with Crippen molar-refractivity contribution < 1.29 is 0 Å². The van der Waals surface area contributed by atoms with Gasteiger partial charge in [0.25, 0.3) is 0 Å². The lowest BCUT2D eigenvalue weighted by Gasteiger charge is -2.02. The van der Waals surface area contributed by atoms with E-state index in [-0.39, 0.29) is 5.69 Å². The van der Waals surface area contributed by atoms with E-state index < -0.39 is 0 Å². The zero-order chi connectivity index (χ0) is 11.4. The van der Waals surface area contributed by atoms with Gasteiger partial charge in [0.05, 0.1) is 0 Å². The molecule has 0 saturated heterocycles. The van der Waals surface area contributed by atoms with Gasteiger partial charge in [0, 0.05) is 6.54 Å². The number of rotatable bonds is 4. The number of nitrogens with one attached hydrogen (secondary N) is 2. The van der Waals surface area contributed by atoms with E-state index in [4.69, 9.17) is 0 Å². The predicted octanol–water partition coefficient (Wildman–Crippen LogP) is 0.796. The lowest BCUT2D eigenvalue weighted by atomic mass is 10.4. The fourth-order valence-corrected chi connectivity index (χ4v) is 1.35. The topological polar surface area (TPSA) is 75.1 Å². The molecule has 2 rings (SSSR count). The summed E-state index contributed by atoms with van der Waals surface area (Å²) in [4.78, 5) is 11.3. The fourth-order valence-electron chi connectivity index (χ4n) is 1.35. The molecule has 2 aromatic heterocycles. The first-order valence-corrected chi connectivity index (χ1v) is 5.11. The Labute approximate surface area is 92.0 Å². The van der Waals surface area contributed by atoms with E-state index in [2.05, 4.69) is 26.7 Å². The molecule has 0 spiro atoms. The van der Waals surface area contributed by atoms with Crippen LogP contribution in [0.3, 0.4) is 0 Å². The summed E-state index contributed by atoms with van der Waals surface area (Å²) in [6.07, 6.45) is 4.99. The highest BCUT2D eigenvalue weighted by Gasteiger charge is 2.01. The molecule has 0 bridgehead atoms. The Hall–Kier alpha value is -2.11. The number of allylic oxidation sites excluding steroid dienone is 1. The molecular formula is C10H13N5O. The minimum Gasteiger partial charge on any atom is -0.368 e. The highest BCUT2D eigenvalue weighted by Crippen LogP contribution is 2.02. The maximum Gasteiger partial charge on any atom is 0.364 e. The first-order valence-electron chi connectivity index (χ1n) is 5.11. The van der Waals surface area contributed by atoms with Gasteiger partial charge in [0.1, 0.15) is 5.82 Å². The van der Waals surface area contributed by atoms with E-state index in [0.29, 0.717) is 11.5 Å². The van der Waals surface area contributed by atoms with Crippen molar-refractivity contribution >= 4 is 11.5 Å². The molecule has 0 fully saturated rings. The van der Waals surface area contributed by atoms with Gasteiger partial charge < -0.3 is 5.32 Å². The monoisotopic (exact) mass is 219 g/mol. The molecule has 0 aliphatic rings. The van der Waals surface area contributed by atoms with Gasteiger partial charge in [-0.05, 0) is 25.5 Å². The molecule has 0 atom stereocenters. The van der Waals surface area contributed by atoms with Gasteiger partial charge in [-0.2, -0.15) is 9.61 Å². The summed E-state index contributed by atoms with van der Waals surface area (Å²) >= 11 is 0. The molecule has 0 saturated carbocycles. The van der Waals surface area contributed by atoms with Crippen LogP contribution >= 0.6 is 0 Å². The number of fused-ring (bicyclic) bond motifs is 1. The Bertz CT molecular complexity index is 554. The van der Waals surface area contributed by atoms with Crippen LogP contribution in [-0.2, 0) is 0 Å². The highest BCUT2D eigenvalue weighted by atomic mass is 16.2. The first kappa shape index (κ1) is 10.4. The number of nitrogens with zero attached hydrogens (tertiary/aromatic N) is 3. The largest absolute Gasteiger partial charge is 0.368 e. The van der Waals surface area contributed by atoms with Gasteiger partial charge in [-0.15, -0.1) is 5.10 Å². The molecule has 0 aromatic carbocycles. The Kier molecular flexibility index (Phi) is 3.00. The van der Waals surface area contributed by atoms with Crippen molar-refractivity contribution in [3.8, 4) is 0 Å². The van der Waals surface area contributed by atoms with E-state index in [1.165, 1.54) is 4.52 Å². The summed E-state index contributed by atoms with van der Waals surface area (Å²) in [5.41, 5.74) is 0.191. The van der Waals surface area contributed by atoms with Crippen LogP contribution in [0.2, 0.25) is 0 Å². The van der Waals surface area contributed by atoms with Crippen molar-refractivity contribution in [3.63, 3.8) is 0 Å². The molecule has 84 valence electrons. The zero-order valence-corrected chi connectivity index (χ0v) is 8.97. The lowest BCUT2D eigenvalue weighted by molar-refractivity contribution is 0.873. The lowest BCUT2D eigenvalue weighted by Crippen LogP contribution is -2.14. The number of hydrogen-bond acceptors (Lipinski definition) is 4. The maximum atomic E-state index is 11.3. The Morgan fingerprint density at radius 2 is 2.44 bits per heavy atom. The summed E-state index contributed by atoms with van der Waals surface area (Å²) in [5.74, 6) is 0.667. The summed E-state index contributed by atoms with van der Waals surface area (Å²) < 4.78 is 1.23. The van der Waals surface area contributed by atoms with E-state index in [0.717, 1.165) is 13.0 Å². The van der Waals surface area contributed by atoms with Crippen LogP contribution in [0.25, 0.3) is 5.65 Å². The summed E-state index contributed by atoms with van der Waals surface area (Å²) in [5, 5.41) is 13.4. The molecule has 16 heavy (non-hydrogen) atoms. The van der Waals surface area contributed by atoms with Gasteiger partial charge in [-0.1, -0.05) is 12.2 Å². The van der Waals surface area contributed by atoms with Crippen molar-refractivity contribution in [3.05, 3.63) is 34.8 Å². The third-order valence-electron chi connectivity index (χ3n) is 2.13. The van der Waals surface area contributed by atoms with E-state index in [1.54, 1.807) is 12.1 Å². The number of hydrogen-bond donors (Lipinski definition) is 2. The molecular weight excluding hydrogens is 206 g/mol. The average molecular weight is 219 g/mol. The molecule has 0 aliphatic heterocycles.